The molecule has 3 heterocycles. The van der Waals surface area contributed by atoms with Gasteiger partial charge in [0.25, 0.3) is 5.91 Å². The number of hydrogen-bond donors (Lipinski definition) is 1. The number of carbonyl (C=O) groups is 2. The molecule has 7 heteroatoms. The molecular weight excluding hydrogens is 324 g/mol. The highest BCUT2D eigenvalue weighted by Gasteiger charge is 2.26. The third-order valence-corrected chi connectivity index (χ3v) is 5.33. The van der Waals surface area contributed by atoms with Crippen molar-refractivity contribution in [3.63, 3.8) is 0 Å². The third kappa shape index (κ3) is 3.47. The molecule has 0 bridgehead atoms. The van der Waals surface area contributed by atoms with Crippen LogP contribution in [0.2, 0.25) is 0 Å². The minimum absolute atomic E-state index is 0.0267. The fraction of sp³-hybridized carbons (Fsp3) is 0.353. The van der Waals surface area contributed by atoms with E-state index in [0.29, 0.717) is 23.5 Å². The maximum atomic E-state index is 12.5. The van der Waals surface area contributed by atoms with Crippen LogP contribution in [0.4, 0.5) is 0 Å². The maximum absolute atomic E-state index is 12.5. The van der Waals surface area contributed by atoms with Gasteiger partial charge < -0.3 is 10.6 Å². The van der Waals surface area contributed by atoms with E-state index < -0.39 is 5.91 Å². The van der Waals surface area contributed by atoms with E-state index in [1.54, 1.807) is 17.6 Å². The fourth-order valence-electron chi connectivity index (χ4n) is 2.88. The average molecular weight is 344 g/mol. The van der Waals surface area contributed by atoms with Crippen LogP contribution in [-0.2, 0) is 0 Å². The molecule has 2 N–H and O–H groups in total. The first-order valence-corrected chi connectivity index (χ1v) is 8.76. The first kappa shape index (κ1) is 16.6. The zero-order valence-corrected chi connectivity index (χ0v) is 14.3. The molecular formula is C17H20N4O2S. The number of hydrogen-bond acceptors (Lipinski definition) is 5. The van der Waals surface area contributed by atoms with Crippen molar-refractivity contribution < 1.29 is 9.59 Å². The van der Waals surface area contributed by atoms with Crippen LogP contribution in [-0.4, -0.2) is 52.8 Å². The zero-order chi connectivity index (χ0) is 17.1. The van der Waals surface area contributed by atoms with Crippen LogP contribution in [0.15, 0.2) is 36.0 Å². The van der Waals surface area contributed by atoms with Gasteiger partial charge in [-0.3, -0.25) is 19.5 Å². The molecule has 0 radical (unpaired) electrons. The Balaban J connectivity index is 1.60. The second-order valence-electron chi connectivity index (χ2n) is 5.85. The van der Waals surface area contributed by atoms with E-state index in [1.165, 1.54) is 16.9 Å². The Morgan fingerprint density at radius 1 is 1.29 bits per heavy atom. The Labute approximate surface area is 144 Å². The summed E-state index contributed by atoms with van der Waals surface area (Å²) in [5.41, 5.74) is 6.82. The van der Waals surface area contributed by atoms with Crippen molar-refractivity contribution in [1.82, 2.24) is 14.8 Å². The van der Waals surface area contributed by atoms with Gasteiger partial charge in [0.1, 0.15) is 0 Å². The molecule has 2 amide bonds. The molecule has 0 spiro atoms. The molecule has 0 aliphatic carbocycles. The molecule has 1 fully saturated rings. The number of carbonyl (C=O) groups excluding carboxylic acids is 2. The van der Waals surface area contributed by atoms with Gasteiger partial charge in [0.2, 0.25) is 5.91 Å². The second kappa shape index (κ2) is 7.11. The Hall–Kier alpha value is -2.25. The number of pyridine rings is 1. The Kier molecular flexibility index (Phi) is 4.92. The predicted octanol–water partition coefficient (Wildman–Crippen LogP) is 1.76. The summed E-state index contributed by atoms with van der Waals surface area (Å²) >= 11 is 1.27. The number of aromatic nitrogens is 1. The SMILES string of the molecule is CC(c1cccnc1)N1CCN(C(=O)c2cc(C(N)=O)cs2)CC1. The van der Waals surface area contributed by atoms with E-state index in [0.717, 1.165) is 13.1 Å². The van der Waals surface area contributed by atoms with Gasteiger partial charge in [-0.25, -0.2) is 0 Å². The highest BCUT2D eigenvalue weighted by molar-refractivity contribution is 7.12. The van der Waals surface area contributed by atoms with Crippen LogP contribution in [0.1, 0.15) is 38.6 Å². The highest BCUT2D eigenvalue weighted by Crippen LogP contribution is 2.22. The molecule has 1 aliphatic heterocycles. The van der Waals surface area contributed by atoms with Crippen LogP contribution < -0.4 is 5.73 Å². The quantitative estimate of drug-likeness (QED) is 0.916. The third-order valence-electron chi connectivity index (χ3n) is 4.41. The molecule has 1 aliphatic rings. The maximum Gasteiger partial charge on any atom is 0.264 e. The number of primary amides is 1. The number of rotatable bonds is 4. The van der Waals surface area contributed by atoms with E-state index in [-0.39, 0.29) is 11.9 Å². The molecule has 1 saturated heterocycles. The van der Waals surface area contributed by atoms with E-state index in [1.807, 2.05) is 17.2 Å². The number of nitrogens with zero attached hydrogens (tertiary/aromatic N) is 3. The summed E-state index contributed by atoms with van der Waals surface area (Å²) in [5.74, 6) is -0.526. The summed E-state index contributed by atoms with van der Waals surface area (Å²) in [6.07, 6.45) is 3.66. The summed E-state index contributed by atoms with van der Waals surface area (Å²) in [4.78, 5) is 32.6. The lowest BCUT2D eigenvalue weighted by Gasteiger charge is -2.38. The lowest BCUT2D eigenvalue weighted by molar-refractivity contribution is 0.0586. The molecule has 0 saturated carbocycles. The Morgan fingerprint density at radius 2 is 2.04 bits per heavy atom. The monoisotopic (exact) mass is 344 g/mol. The van der Waals surface area contributed by atoms with Gasteiger partial charge in [-0.05, 0) is 24.6 Å². The Bertz CT molecular complexity index is 723. The topological polar surface area (TPSA) is 79.5 Å². The number of thiophene rings is 1. The molecule has 1 atom stereocenters. The van der Waals surface area contributed by atoms with E-state index in [9.17, 15) is 9.59 Å². The number of amides is 2. The van der Waals surface area contributed by atoms with Gasteiger partial charge in [0.15, 0.2) is 0 Å². The molecule has 3 rings (SSSR count). The van der Waals surface area contributed by atoms with Crippen LogP contribution in [0.25, 0.3) is 0 Å². The molecule has 1 unspecified atom stereocenters. The van der Waals surface area contributed by atoms with Crippen LogP contribution in [0.3, 0.4) is 0 Å². The summed E-state index contributed by atoms with van der Waals surface area (Å²) in [7, 11) is 0. The minimum Gasteiger partial charge on any atom is -0.366 e. The van der Waals surface area contributed by atoms with Gasteiger partial charge in [0, 0.05) is 50.0 Å². The van der Waals surface area contributed by atoms with Gasteiger partial charge in [0.05, 0.1) is 10.4 Å². The molecule has 24 heavy (non-hydrogen) atoms. The lowest BCUT2D eigenvalue weighted by atomic mass is 10.1. The molecule has 2 aromatic heterocycles. The van der Waals surface area contributed by atoms with E-state index in [2.05, 4.69) is 22.9 Å². The first-order chi connectivity index (χ1) is 11.6. The second-order valence-corrected chi connectivity index (χ2v) is 6.77. The fourth-order valence-corrected chi connectivity index (χ4v) is 3.74. The standard InChI is InChI=1S/C17H20N4O2S/c1-12(13-3-2-4-19-10-13)20-5-7-21(8-6-20)17(23)15-9-14(11-24-15)16(18)22/h2-4,9-12H,5-8H2,1H3,(H2,18,22). The smallest absolute Gasteiger partial charge is 0.264 e. The average Bonchev–Trinajstić information content (AvgIpc) is 3.12. The van der Waals surface area contributed by atoms with Crippen molar-refractivity contribution in [2.75, 3.05) is 26.2 Å². The molecule has 2 aromatic rings. The lowest BCUT2D eigenvalue weighted by Crippen LogP contribution is -2.49. The van der Waals surface area contributed by atoms with Gasteiger partial charge in [-0.1, -0.05) is 6.07 Å². The molecule has 126 valence electrons. The van der Waals surface area contributed by atoms with Gasteiger partial charge in [-0.15, -0.1) is 11.3 Å². The van der Waals surface area contributed by atoms with Gasteiger partial charge in [-0.2, -0.15) is 0 Å². The van der Waals surface area contributed by atoms with Crippen molar-refractivity contribution in [1.29, 1.82) is 0 Å². The van der Waals surface area contributed by atoms with E-state index in [4.69, 9.17) is 5.73 Å². The molecule has 6 nitrogen and oxygen atoms in total. The minimum atomic E-state index is -0.500. The predicted molar refractivity (Wildman–Crippen MR) is 93.0 cm³/mol. The molecule has 0 aromatic carbocycles. The van der Waals surface area contributed by atoms with Gasteiger partial charge >= 0.3 is 0 Å². The zero-order valence-electron chi connectivity index (χ0n) is 13.5. The van der Waals surface area contributed by atoms with Crippen LogP contribution in [0, 0.1) is 0 Å². The number of nitrogens with two attached hydrogens (primary N) is 1. The summed E-state index contributed by atoms with van der Waals surface area (Å²) in [5, 5.41) is 1.64. The van der Waals surface area contributed by atoms with Crippen molar-refractivity contribution in [2.24, 2.45) is 5.73 Å². The van der Waals surface area contributed by atoms with Crippen LogP contribution in [0.5, 0.6) is 0 Å². The highest BCUT2D eigenvalue weighted by atomic mass is 32.1. The Morgan fingerprint density at radius 3 is 2.62 bits per heavy atom. The number of piperazine rings is 1. The largest absolute Gasteiger partial charge is 0.366 e. The summed E-state index contributed by atoms with van der Waals surface area (Å²) < 4.78 is 0. The first-order valence-electron chi connectivity index (χ1n) is 7.88. The van der Waals surface area contributed by atoms with Crippen LogP contribution >= 0.6 is 11.3 Å². The van der Waals surface area contributed by atoms with E-state index >= 15 is 0 Å². The normalized spacial score (nSPS) is 16.8. The summed E-state index contributed by atoms with van der Waals surface area (Å²) in [6, 6.07) is 5.88. The van der Waals surface area contributed by atoms with Crippen molar-refractivity contribution in [3.8, 4) is 0 Å². The van der Waals surface area contributed by atoms with Crippen molar-refractivity contribution in [3.05, 3.63) is 52.0 Å². The van der Waals surface area contributed by atoms with Crippen molar-refractivity contribution in [2.45, 2.75) is 13.0 Å². The summed E-state index contributed by atoms with van der Waals surface area (Å²) in [6.45, 7) is 5.14. The van der Waals surface area contributed by atoms with Crippen molar-refractivity contribution >= 4 is 23.2 Å².